The Hall–Kier alpha value is -1.56. The van der Waals surface area contributed by atoms with Gasteiger partial charge < -0.3 is 19.9 Å². The van der Waals surface area contributed by atoms with Crippen molar-refractivity contribution < 1.29 is 9.90 Å². The van der Waals surface area contributed by atoms with Gasteiger partial charge in [0, 0.05) is 44.5 Å². The molecule has 1 saturated heterocycles. The van der Waals surface area contributed by atoms with E-state index in [1.54, 1.807) is 6.20 Å². The number of carbonyl (C=O) groups is 1. The number of carbonyl (C=O) groups excluding carboxylic acids is 1. The number of urea groups is 1. The van der Waals surface area contributed by atoms with E-state index in [2.05, 4.69) is 17.2 Å². The summed E-state index contributed by atoms with van der Waals surface area (Å²) in [5.74, 6) is 1.34. The number of amides is 2. The molecule has 0 aromatic carbocycles. The molecule has 2 fully saturated rings. The summed E-state index contributed by atoms with van der Waals surface area (Å²) in [4.78, 5) is 18.9. The molecule has 0 bridgehead atoms. The predicted octanol–water partition coefficient (Wildman–Crippen LogP) is 2.84. The first-order valence-corrected chi connectivity index (χ1v) is 9.80. The summed E-state index contributed by atoms with van der Waals surface area (Å²) >= 11 is 0. The van der Waals surface area contributed by atoms with Gasteiger partial charge >= 0.3 is 6.03 Å². The molecule has 1 aromatic rings. The zero-order chi connectivity index (χ0) is 17.8. The Morgan fingerprint density at radius 3 is 2.88 bits per heavy atom. The molecule has 2 amide bonds. The van der Waals surface area contributed by atoms with Crippen LogP contribution >= 0.6 is 0 Å². The van der Waals surface area contributed by atoms with Gasteiger partial charge in [0.05, 0.1) is 0 Å². The molecular formula is C19H32N4O2. The Morgan fingerprint density at radius 1 is 1.36 bits per heavy atom. The SMILES string of the molecule is CCC1CCCCC1NC(=O)N1CCCC(C(O)c2nccn2C)C1. The third-order valence-corrected chi connectivity index (χ3v) is 6.06. The number of imidazole rings is 1. The van der Waals surface area contributed by atoms with Crippen LogP contribution in [0.25, 0.3) is 0 Å². The molecule has 2 aliphatic rings. The monoisotopic (exact) mass is 348 g/mol. The average Bonchev–Trinajstić information content (AvgIpc) is 3.07. The quantitative estimate of drug-likeness (QED) is 0.879. The molecule has 2 N–H and O–H groups in total. The fourth-order valence-corrected chi connectivity index (χ4v) is 4.46. The predicted molar refractivity (Wildman–Crippen MR) is 97.0 cm³/mol. The van der Waals surface area contributed by atoms with Gasteiger partial charge in [-0.2, -0.15) is 0 Å². The minimum absolute atomic E-state index is 0.0436. The van der Waals surface area contributed by atoms with Gasteiger partial charge in [-0.3, -0.25) is 0 Å². The van der Waals surface area contributed by atoms with E-state index in [0.29, 0.717) is 24.3 Å². The van der Waals surface area contributed by atoms with Crippen molar-refractivity contribution in [2.45, 2.75) is 64.0 Å². The van der Waals surface area contributed by atoms with Crippen LogP contribution in [-0.2, 0) is 7.05 Å². The summed E-state index contributed by atoms with van der Waals surface area (Å²) in [5, 5.41) is 14.0. The fraction of sp³-hybridized carbons (Fsp3) is 0.789. The van der Waals surface area contributed by atoms with Gasteiger partial charge in [0.1, 0.15) is 11.9 Å². The zero-order valence-corrected chi connectivity index (χ0v) is 15.5. The van der Waals surface area contributed by atoms with E-state index in [1.807, 2.05) is 22.7 Å². The number of nitrogens with one attached hydrogen (secondary N) is 1. The number of aryl methyl sites for hydroxylation is 1. The third-order valence-electron chi connectivity index (χ3n) is 6.06. The van der Waals surface area contributed by atoms with Crippen molar-refractivity contribution in [2.24, 2.45) is 18.9 Å². The van der Waals surface area contributed by atoms with Crippen molar-refractivity contribution in [1.29, 1.82) is 0 Å². The van der Waals surface area contributed by atoms with E-state index in [0.717, 1.165) is 32.2 Å². The lowest BCUT2D eigenvalue weighted by molar-refractivity contribution is 0.0520. The van der Waals surface area contributed by atoms with Gasteiger partial charge in [-0.25, -0.2) is 9.78 Å². The number of aromatic nitrogens is 2. The van der Waals surface area contributed by atoms with Gasteiger partial charge in [-0.05, 0) is 31.6 Å². The number of hydrogen-bond acceptors (Lipinski definition) is 3. The number of aliphatic hydroxyl groups excluding tert-OH is 1. The minimum Gasteiger partial charge on any atom is -0.385 e. The molecule has 0 spiro atoms. The molecule has 6 nitrogen and oxygen atoms in total. The Kier molecular flexibility index (Phi) is 5.99. The molecule has 1 aliphatic heterocycles. The number of nitrogens with zero attached hydrogens (tertiary/aromatic N) is 3. The van der Waals surface area contributed by atoms with Crippen LogP contribution in [0.5, 0.6) is 0 Å². The molecular weight excluding hydrogens is 316 g/mol. The maximum Gasteiger partial charge on any atom is 0.317 e. The summed E-state index contributed by atoms with van der Waals surface area (Å²) in [6.45, 7) is 3.60. The topological polar surface area (TPSA) is 70.4 Å². The number of rotatable bonds is 4. The van der Waals surface area contributed by atoms with Gasteiger partial charge in [0.15, 0.2) is 0 Å². The minimum atomic E-state index is -0.617. The number of aliphatic hydroxyl groups is 1. The summed E-state index contributed by atoms with van der Waals surface area (Å²) in [5.41, 5.74) is 0. The second-order valence-electron chi connectivity index (χ2n) is 7.70. The smallest absolute Gasteiger partial charge is 0.317 e. The summed E-state index contributed by atoms with van der Waals surface area (Å²) in [6.07, 6.45) is 10.7. The summed E-state index contributed by atoms with van der Waals surface area (Å²) < 4.78 is 1.86. The second kappa shape index (κ2) is 8.21. The highest BCUT2D eigenvalue weighted by atomic mass is 16.3. The molecule has 2 heterocycles. The molecule has 140 valence electrons. The largest absolute Gasteiger partial charge is 0.385 e. The first-order valence-electron chi connectivity index (χ1n) is 9.80. The highest BCUT2D eigenvalue weighted by molar-refractivity contribution is 5.74. The summed E-state index contributed by atoms with van der Waals surface area (Å²) in [6, 6.07) is 0.355. The number of piperidine rings is 1. The second-order valence-corrected chi connectivity index (χ2v) is 7.70. The molecule has 1 saturated carbocycles. The van der Waals surface area contributed by atoms with Crippen molar-refractivity contribution in [3.63, 3.8) is 0 Å². The molecule has 3 rings (SSSR count). The Morgan fingerprint density at radius 2 is 2.16 bits per heavy atom. The normalized spacial score (nSPS) is 28.6. The van der Waals surface area contributed by atoms with Gasteiger partial charge in [0.2, 0.25) is 0 Å². The van der Waals surface area contributed by atoms with E-state index < -0.39 is 6.10 Å². The molecule has 1 aliphatic carbocycles. The van der Waals surface area contributed by atoms with Crippen molar-refractivity contribution in [2.75, 3.05) is 13.1 Å². The fourth-order valence-electron chi connectivity index (χ4n) is 4.46. The molecule has 6 heteroatoms. The van der Waals surface area contributed by atoms with Crippen LogP contribution in [0.15, 0.2) is 12.4 Å². The Labute approximate surface area is 150 Å². The maximum atomic E-state index is 12.8. The molecule has 25 heavy (non-hydrogen) atoms. The Balaban J connectivity index is 1.59. The standard InChI is InChI=1S/C19H32N4O2/c1-3-14-7-4-5-9-16(14)21-19(25)23-11-6-8-15(13-23)17(24)18-20-10-12-22(18)2/h10,12,14-17,24H,3-9,11,13H2,1-2H3,(H,21,25). The first-order chi connectivity index (χ1) is 12.1. The molecule has 4 atom stereocenters. The lowest BCUT2D eigenvalue weighted by Gasteiger charge is -2.37. The molecule has 1 aromatic heterocycles. The van der Waals surface area contributed by atoms with Crippen molar-refractivity contribution in [3.8, 4) is 0 Å². The number of hydrogen-bond donors (Lipinski definition) is 2. The molecule has 4 unspecified atom stereocenters. The lowest BCUT2D eigenvalue weighted by atomic mass is 9.83. The van der Waals surface area contributed by atoms with E-state index >= 15 is 0 Å². The van der Waals surface area contributed by atoms with E-state index in [9.17, 15) is 9.90 Å². The van der Waals surface area contributed by atoms with Crippen LogP contribution in [0.2, 0.25) is 0 Å². The van der Waals surface area contributed by atoms with Crippen molar-refractivity contribution in [1.82, 2.24) is 19.8 Å². The number of likely N-dealkylation sites (tertiary alicyclic amines) is 1. The van der Waals surface area contributed by atoms with E-state index in [4.69, 9.17) is 0 Å². The van der Waals surface area contributed by atoms with Crippen LogP contribution in [0.1, 0.15) is 63.8 Å². The highest BCUT2D eigenvalue weighted by Crippen LogP contribution is 2.30. The maximum absolute atomic E-state index is 12.8. The molecule has 0 radical (unpaired) electrons. The van der Waals surface area contributed by atoms with E-state index in [1.165, 1.54) is 19.3 Å². The zero-order valence-electron chi connectivity index (χ0n) is 15.5. The van der Waals surface area contributed by atoms with Crippen LogP contribution in [0.3, 0.4) is 0 Å². The highest BCUT2D eigenvalue weighted by Gasteiger charge is 2.33. The first kappa shape index (κ1) is 18.2. The van der Waals surface area contributed by atoms with Gasteiger partial charge in [0.25, 0.3) is 0 Å². The third kappa shape index (κ3) is 4.17. The summed E-state index contributed by atoms with van der Waals surface area (Å²) in [7, 11) is 1.90. The lowest BCUT2D eigenvalue weighted by Crippen LogP contribution is -2.51. The van der Waals surface area contributed by atoms with Gasteiger partial charge in [-0.15, -0.1) is 0 Å². The van der Waals surface area contributed by atoms with E-state index in [-0.39, 0.29) is 11.9 Å². The van der Waals surface area contributed by atoms with Crippen molar-refractivity contribution in [3.05, 3.63) is 18.2 Å². The van der Waals surface area contributed by atoms with Crippen LogP contribution in [0, 0.1) is 11.8 Å². The average molecular weight is 348 g/mol. The van der Waals surface area contributed by atoms with Crippen LogP contribution in [-0.4, -0.2) is 44.7 Å². The van der Waals surface area contributed by atoms with Crippen LogP contribution in [0.4, 0.5) is 4.79 Å². The van der Waals surface area contributed by atoms with Crippen molar-refractivity contribution >= 4 is 6.03 Å². The van der Waals surface area contributed by atoms with Crippen LogP contribution < -0.4 is 5.32 Å². The Bertz CT molecular complexity index is 574. The van der Waals surface area contributed by atoms with Gasteiger partial charge in [-0.1, -0.05) is 26.2 Å².